The van der Waals surface area contributed by atoms with Crippen LogP contribution in [0.4, 0.5) is 5.69 Å². The van der Waals surface area contributed by atoms with Crippen LogP contribution in [0.25, 0.3) is 5.69 Å². The van der Waals surface area contributed by atoms with Crippen LogP contribution in [-0.2, 0) is 16.0 Å². The monoisotopic (exact) mass is 349 g/mol. The van der Waals surface area contributed by atoms with Crippen molar-refractivity contribution >= 4 is 17.6 Å². The van der Waals surface area contributed by atoms with Crippen LogP contribution in [0.2, 0.25) is 0 Å². The number of rotatable bonds is 6. The molecule has 0 bridgehead atoms. The van der Waals surface area contributed by atoms with Gasteiger partial charge in [-0.1, -0.05) is 19.1 Å². The highest BCUT2D eigenvalue weighted by molar-refractivity contribution is 5.95. The fourth-order valence-corrected chi connectivity index (χ4v) is 2.45. The minimum Gasteiger partial charge on any atom is -0.452 e. The van der Waals surface area contributed by atoms with Gasteiger partial charge in [-0.25, -0.2) is 9.48 Å². The van der Waals surface area contributed by atoms with Crippen molar-refractivity contribution in [2.45, 2.75) is 13.3 Å². The normalized spacial score (nSPS) is 10.3. The molecule has 0 radical (unpaired) electrons. The van der Waals surface area contributed by atoms with Gasteiger partial charge in [-0.3, -0.25) is 4.79 Å². The number of aromatic nitrogens is 2. The van der Waals surface area contributed by atoms with Crippen LogP contribution >= 0.6 is 0 Å². The highest BCUT2D eigenvalue weighted by Crippen LogP contribution is 2.12. The summed E-state index contributed by atoms with van der Waals surface area (Å²) in [6.07, 6.45) is 4.37. The van der Waals surface area contributed by atoms with Crippen molar-refractivity contribution in [3.8, 4) is 5.69 Å². The molecule has 26 heavy (non-hydrogen) atoms. The smallest absolute Gasteiger partial charge is 0.338 e. The summed E-state index contributed by atoms with van der Waals surface area (Å²) >= 11 is 0. The standard InChI is InChI=1S/C20H19N3O3/c1-2-15-5-3-6-17(13-15)22-19(24)14-26-20(25)16-7-9-18(10-8-16)23-12-4-11-21-23/h3-13H,2,14H2,1H3,(H,22,24). The molecular weight excluding hydrogens is 330 g/mol. The zero-order valence-electron chi connectivity index (χ0n) is 14.4. The molecule has 3 aromatic rings. The molecule has 3 rings (SSSR count). The van der Waals surface area contributed by atoms with Crippen LogP contribution < -0.4 is 5.32 Å². The number of ether oxygens (including phenoxy) is 1. The van der Waals surface area contributed by atoms with Gasteiger partial charge in [0.05, 0.1) is 11.3 Å². The highest BCUT2D eigenvalue weighted by atomic mass is 16.5. The molecule has 1 heterocycles. The van der Waals surface area contributed by atoms with E-state index in [-0.39, 0.29) is 12.5 Å². The molecule has 0 aliphatic heterocycles. The second-order valence-corrected chi connectivity index (χ2v) is 5.68. The third-order valence-electron chi connectivity index (χ3n) is 3.83. The number of hydrogen-bond donors (Lipinski definition) is 1. The van der Waals surface area contributed by atoms with Gasteiger partial charge in [0.15, 0.2) is 6.61 Å². The molecule has 0 saturated carbocycles. The lowest BCUT2D eigenvalue weighted by Gasteiger charge is -2.08. The molecule has 2 aromatic carbocycles. The summed E-state index contributed by atoms with van der Waals surface area (Å²) in [6, 6.07) is 16.2. The third kappa shape index (κ3) is 4.36. The van der Waals surface area contributed by atoms with Crippen molar-refractivity contribution in [3.63, 3.8) is 0 Å². The van der Waals surface area contributed by atoms with Crippen molar-refractivity contribution < 1.29 is 14.3 Å². The number of esters is 1. The van der Waals surface area contributed by atoms with Gasteiger partial charge in [-0.15, -0.1) is 0 Å². The number of hydrogen-bond acceptors (Lipinski definition) is 4. The molecule has 1 amide bonds. The molecule has 0 aliphatic carbocycles. The second-order valence-electron chi connectivity index (χ2n) is 5.68. The van der Waals surface area contributed by atoms with E-state index in [9.17, 15) is 9.59 Å². The molecule has 0 unspecified atom stereocenters. The van der Waals surface area contributed by atoms with E-state index in [4.69, 9.17) is 4.74 Å². The van der Waals surface area contributed by atoms with Gasteiger partial charge in [-0.05, 0) is 54.4 Å². The third-order valence-corrected chi connectivity index (χ3v) is 3.83. The number of nitrogens with one attached hydrogen (secondary N) is 1. The molecule has 0 fully saturated rings. The van der Waals surface area contributed by atoms with Crippen LogP contribution in [-0.4, -0.2) is 28.3 Å². The average molecular weight is 349 g/mol. The van der Waals surface area contributed by atoms with Crippen LogP contribution in [0.15, 0.2) is 67.0 Å². The first-order valence-corrected chi connectivity index (χ1v) is 8.31. The Labute approximate surface area is 151 Å². The van der Waals surface area contributed by atoms with E-state index in [1.807, 2.05) is 37.4 Å². The molecule has 1 N–H and O–H groups in total. The van der Waals surface area contributed by atoms with E-state index in [2.05, 4.69) is 10.4 Å². The molecule has 1 aromatic heterocycles. The lowest BCUT2D eigenvalue weighted by molar-refractivity contribution is -0.119. The van der Waals surface area contributed by atoms with E-state index in [0.29, 0.717) is 11.3 Å². The first kappa shape index (κ1) is 17.4. The summed E-state index contributed by atoms with van der Waals surface area (Å²) < 4.78 is 6.76. The Morgan fingerprint density at radius 3 is 2.62 bits per heavy atom. The summed E-state index contributed by atoms with van der Waals surface area (Å²) in [5.41, 5.74) is 3.02. The lowest BCUT2D eigenvalue weighted by atomic mass is 10.1. The van der Waals surface area contributed by atoms with E-state index in [0.717, 1.165) is 17.7 Å². The predicted molar refractivity (Wildman–Crippen MR) is 98.3 cm³/mol. The zero-order valence-corrected chi connectivity index (χ0v) is 14.4. The highest BCUT2D eigenvalue weighted by Gasteiger charge is 2.11. The van der Waals surface area contributed by atoms with Crippen LogP contribution in [0.5, 0.6) is 0 Å². The molecule has 132 valence electrons. The summed E-state index contributed by atoms with van der Waals surface area (Å²) in [4.78, 5) is 24.0. The summed E-state index contributed by atoms with van der Waals surface area (Å²) in [5.74, 6) is -0.922. The van der Waals surface area contributed by atoms with Gasteiger partial charge in [-0.2, -0.15) is 5.10 Å². The van der Waals surface area contributed by atoms with E-state index in [1.54, 1.807) is 41.2 Å². The minimum absolute atomic E-state index is 0.337. The van der Waals surface area contributed by atoms with Gasteiger partial charge in [0, 0.05) is 18.1 Å². The minimum atomic E-state index is -0.547. The zero-order chi connectivity index (χ0) is 18.4. The number of nitrogens with zero attached hydrogens (tertiary/aromatic N) is 2. The van der Waals surface area contributed by atoms with Gasteiger partial charge in [0.1, 0.15) is 0 Å². The van der Waals surface area contributed by atoms with Crippen molar-refractivity contribution in [2.24, 2.45) is 0 Å². The Morgan fingerprint density at radius 2 is 1.92 bits per heavy atom. The second kappa shape index (κ2) is 8.11. The van der Waals surface area contributed by atoms with Crippen LogP contribution in [0.1, 0.15) is 22.8 Å². The van der Waals surface area contributed by atoms with Gasteiger partial charge in [0.2, 0.25) is 0 Å². The van der Waals surface area contributed by atoms with Crippen molar-refractivity contribution in [3.05, 3.63) is 78.1 Å². The Balaban J connectivity index is 1.53. The molecule has 6 heteroatoms. The van der Waals surface area contributed by atoms with E-state index in [1.165, 1.54) is 0 Å². The molecule has 6 nitrogen and oxygen atoms in total. The number of benzene rings is 2. The van der Waals surface area contributed by atoms with Gasteiger partial charge in [0.25, 0.3) is 5.91 Å². The molecule has 0 aliphatic rings. The van der Waals surface area contributed by atoms with E-state index < -0.39 is 5.97 Å². The maximum absolute atomic E-state index is 12.1. The number of anilines is 1. The Kier molecular flexibility index (Phi) is 5.43. The number of amides is 1. The fourth-order valence-electron chi connectivity index (χ4n) is 2.45. The number of carbonyl (C=O) groups excluding carboxylic acids is 2. The van der Waals surface area contributed by atoms with Crippen LogP contribution in [0, 0.1) is 0 Å². The molecule has 0 spiro atoms. The van der Waals surface area contributed by atoms with Gasteiger partial charge < -0.3 is 10.1 Å². The summed E-state index contributed by atoms with van der Waals surface area (Å²) in [5, 5.41) is 6.84. The maximum Gasteiger partial charge on any atom is 0.338 e. The summed E-state index contributed by atoms with van der Waals surface area (Å²) in [6.45, 7) is 1.70. The Bertz CT molecular complexity index is 887. The van der Waals surface area contributed by atoms with Crippen molar-refractivity contribution in [1.29, 1.82) is 0 Å². The molecular formula is C20H19N3O3. The lowest BCUT2D eigenvalue weighted by Crippen LogP contribution is -2.21. The van der Waals surface area contributed by atoms with Crippen LogP contribution in [0.3, 0.4) is 0 Å². The maximum atomic E-state index is 12.1. The van der Waals surface area contributed by atoms with Crippen molar-refractivity contribution in [1.82, 2.24) is 9.78 Å². The largest absolute Gasteiger partial charge is 0.452 e. The topological polar surface area (TPSA) is 73.2 Å². The quantitative estimate of drug-likeness (QED) is 0.694. The first-order valence-electron chi connectivity index (χ1n) is 8.31. The fraction of sp³-hybridized carbons (Fsp3) is 0.150. The van der Waals surface area contributed by atoms with Crippen molar-refractivity contribution in [2.75, 3.05) is 11.9 Å². The first-order chi connectivity index (χ1) is 12.7. The SMILES string of the molecule is CCc1cccc(NC(=O)COC(=O)c2ccc(-n3cccn3)cc2)c1. The predicted octanol–water partition coefficient (Wildman–Crippen LogP) is 3.23. The molecule has 0 saturated heterocycles. The number of aryl methyl sites for hydroxylation is 1. The number of carbonyl (C=O) groups is 2. The Morgan fingerprint density at radius 1 is 1.12 bits per heavy atom. The Hall–Kier alpha value is -3.41. The summed E-state index contributed by atoms with van der Waals surface area (Å²) in [7, 11) is 0. The van der Waals surface area contributed by atoms with E-state index >= 15 is 0 Å². The van der Waals surface area contributed by atoms with Gasteiger partial charge >= 0.3 is 5.97 Å². The average Bonchev–Trinajstić information content (AvgIpc) is 3.21. The molecule has 0 atom stereocenters.